The number of aliphatic hydroxyl groups is 1. The number of hydrogen-bond donors (Lipinski definition) is 1. The Labute approximate surface area is 231 Å². The quantitative estimate of drug-likeness (QED) is 0.206. The average molecular weight is 544 g/mol. The van der Waals surface area contributed by atoms with Crippen LogP contribution in [0.15, 0.2) is 84.2 Å². The first-order valence-corrected chi connectivity index (χ1v) is 15.2. The van der Waals surface area contributed by atoms with Crippen LogP contribution in [0, 0.1) is 0 Å². The largest absolute Gasteiger partial charge is 0.405 e. The van der Waals surface area contributed by atoms with Crippen molar-refractivity contribution >= 4 is 41.9 Å². The number of ether oxygens (including phenoxy) is 1. The van der Waals surface area contributed by atoms with Crippen molar-refractivity contribution in [1.82, 2.24) is 19.4 Å². The molecule has 0 saturated carbocycles. The van der Waals surface area contributed by atoms with Crippen LogP contribution in [0.2, 0.25) is 5.04 Å². The third-order valence-electron chi connectivity index (χ3n) is 7.29. The number of hydrogen-bond acceptors (Lipinski definition) is 6. The Morgan fingerprint density at radius 1 is 1.05 bits per heavy atom. The predicted molar refractivity (Wildman–Crippen MR) is 157 cm³/mol. The van der Waals surface area contributed by atoms with Gasteiger partial charge in [-0.25, -0.2) is 15.0 Å². The molecular formula is C30H37N5O3Si. The second-order valence-corrected chi connectivity index (χ2v) is 15.6. The van der Waals surface area contributed by atoms with Gasteiger partial charge in [-0.1, -0.05) is 81.4 Å². The van der Waals surface area contributed by atoms with Gasteiger partial charge in [0, 0.05) is 26.7 Å². The van der Waals surface area contributed by atoms with E-state index in [1.165, 1.54) is 16.7 Å². The second-order valence-electron chi connectivity index (χ2n) is 11.3. The zero-order valence-electron chi connectivity index (χ0n) is 23.2. The lowest BCUT2D eigenvalue weighted by molar-refractivity contribution is -0.0397. The van der Waals surface area contributed by atoms with Crippen LogP contribution in [0.4, 0.5) is 5.82 Å². The molecule has 1 unspecified atom stereocenters. The molecule has 1 saturated heterocycles. The Bertz CT molecular complexity index is 1380. The summed E-state index contributed by atoms with van der Waals surface area (Å²) in [5, 5.41) is 14.2. The molecule has 5 rings (SSSR count). The number of aliphatic hydroxyl groups excluding tert-OH is 1. The van der Waals surface area contributed by atoms with Crippen molar-refractivity contribution in [2.45, 2.75) is 50.7 Å². The molecular weight excluding hydrogens is 506 g/mol. The molecule has 204 valence electrons. The van der Waals surface area contributed by atoms with E-state index >= 15 is 0 Å². The van der Waals surface area contributed by atoms with Crippen LogP contribution in [0.25, 0.3) is 11.0 Å². The van der Waals surface area contributed by atoms with Crippen LogP contribution in [0.5, 0.6) is 0 Å². The maximum absolute atomic E-state index is 11.1. The highest BCUT2D eigenvalue weighted by Gasteiger charge is 2.51. The van der Waals surface area contributed by atoms with Crippen LogP contribution in [0.3, 0.4) is 0 Å². The lowest BCUT2D eigenvalue weighted by atomic mass is 10.2. The number of aliphatic imine (C=N–C) groups is 1. The van der Waals surface area contributed by atoms with Gasteiger partial charge >= 0.3 is 0 Å². The molecule has 1 N–H and O–H groups in total. The summed E-state index contributed by atoms with van der Waals surface area (Å²) in [6.07, 6.45) is 4.09. The lowest BCUT2D eigenvalue weighted by Gasteiger charge is -2.43. The number of fused-ring (bicyclic) bond motifs is 1. The van der Waals surface area contributed by atoms with Crippen LogP contribution in [-0.2, 0) is 9.16 Å². The highest BCUT2D eigenvalue weighted by atomic mass is 28.4. The highest BCUT2D eigenvalue weighted by Crippen LogP contribution is 2.38. The second kappa shape index (κ2) is 11.0. The van der Waals surface area contributed by atoms with E-state index in [0.29, 0.717) is 12.2 Å². The maximum Gasteiger partial charge on any atom is 0.261 e. The van der Waals surface area contributed by atoms with Crippen molar-refractivity contribution in [3.63, 3.8) is 0 Å². The smallest absolute Gasteiger partial charge is 0.261 e. The molecule has 2 aromatic heterocycles. The van der Waals surface area contributed by atoms with Crippen molar-refractivity contribution in [3.8, 4) is 0 Å². The van der Waals surface area contributed by atoms with Gasteiger partial charge in [0.1, 0.15) is 24.3 Å². The van der Waals surface area contributed by atoms with Crippen molar-refractivity contribution in [2.75, 3.05) is 20.7 Å². The summed E-state index contributed by atoms with van der Waals surface area (Å²) >= 11 is 0. The molecule has 0 spiro atoms. The van der Waals surface area contributed by atoms with Crippen molar-refractivity contribution < 1.29 is 14.3 Å². The third-order valence-corrected chi connectivity index (χ3v) is 12.3. The molecule has 39 heavy (non-hydrogen) atoms. The molecule has 0 radical (unpaired) electrons. The molecule has 4 aromatic rings. The lowest BCUT2D eigenvalue weighted by Crippen LogP contribution is -2.67. The molecule has 9 heteroatoms. The fourth-order valence-corrected chi connectivity index (χ4v) is 10.0. The molecule has 0 bridgehead atoms. The van der Waals surface area contributed by atoms with Crippen molar-refractivity contribution in [1.29, 1.82) is 0 Å². The molecule has 1 fully saturated rings. The minimum Gasteiger partial charge on any atom is -0.405 e. The topological polar surface area (TPSA) is 85.0 Å². The van der Waals surface area contributed by atoms with Gasteiger partial charge in [-0.3, -0.25) is 0 Å². The summed E-state index contributed by atoms with van der Waals surface area (Å²) in [6.45, 7) is 7.03. The Morgan fingerprint density at radius 3 is 2.28 bits per heavy atom. The van der Waals surface area contributed by atoms with E-state index in [1.807, 2.05) is 48.0 Å². The zero-order chi connectivity index (χ0) is 27.6. The molecule has 1 aliphatic heterocycles. The Balaban J connectivity index is 1.42. The number of nitrogens with zero attached hydrogens (tertiary/aromatic N) is 5. The summed E-state index contributed by atoms with van der Waals surface area (Å²) in [4.78, 5) is 15.2. The number of aromatic nitrogens is 3. The van der Waals surface area contributed by atoms with Crippen LogP contribution >= 0.6 is 0 Å². The molecule has 1 aliphatic rings. The number of rotatable bonds is 8. The predicted octanol–water partition coefficient (Wildman–Crippen LogP) is 3.88. The Morgan fingerprint density at radius 2 is 1.69 bits per heavy atom. The normalized spacial score (nSPS) is 20.2. The van der Waals surface area contributed by atoms with Crippen molar-refractivity contribution in [3.05, 3.63) is 79.3 Å². The Hall–Kier alpha value is -3.37. The van der Waals surface area contributed by atoms with Gasteiger partial charge < -0.3 is 23.7 Å². The van der Waals surface area contributed by atoms with E-state index < -0.39 is 20.5 Å². The monoisotopic (exact) mass is 543 g/mol. The van der Waals surface area contributed by atoms with Gasteiger partial charge in [0.25, 0.3) is 8.32 Å². The summed E-state index contributed by atoms with van der Waals surface area (Å²) in [5.41, 5.74) is 0.724. The highest BCUT2D eigenvalue weighted by molar-refractivity contribution is 6.99. The summed E-state index contributed by atoms with van der Waals surface area (Å²) in [6, 6.07) is 23.0. The minimum absolute atomic E-state index is 0.157. The molecule has 8 nitrogen and oxygen atoms in total. The summed E-state index contributed by atoms with van der Waals surface area (Å²) in [5.74, 6) is 0.595. The van der Waals surface area contributed by atoms with Gasteiger partial charge in [0.2, 0.25) is 0 Å². The van der Waals surface area contributed by atoms with Gasteiger partial charge in [0.15, 0.2) is 5.82 Å². The number of benzene rings is 2. The van der Waals surface area contributed by atoms with Crippen LogP contribution < -0.4 is 10.4 Å². The fourth-order valence-electron chi connectivity index (χ4n) is 5.47. The third kappa shape index (κ3) is 5.27. The first-order valence-electron chi connectivity index (χ1n) is 13.3. The van der Waals surface area contributed by atoms with Gasteiger partial charge in [0.05, 0.1) is 24.4 Å². The SMILES string of the molecule is CN(C)C=Nc1ncnc2c1ccn2[C@H]1CC(O)[C@@H](CO[Si](c2ccccc2)(c2ccccc2)C(C)(C)C)O1. The molecule has 2 aromatic carbocycles. The van der Waals surface area contributed by atoms with E-state index in [4.69, 9.17) is 9.16 Å². The molecule has 0 aliphatic carbocycles. The fraction of sp³-hybridized carbons (Fsp3) is 0.367. The van der Waals surface area contributed by atoms with Crippen LogP contribution in [-0.4, -0.2) is 72.1 Å². The van der Waals surface area contributed by atoms with Gasteiger partial charge in [-0.05, 0) is 21.5 Å². The summed E-state index contributed by atoms with van der Waals surface area (Å²) in [7, 11) is 1.08. The van der Waals surface area contributed by atoms with E-state index in [0.717, 1.165) is 11.0 Å². The minimum atomic E-state index is -2.74. The van der Waals surface area contributed by atoms with Gasteiger partial charge in [-0.15, -0.1) is 0 Å². The van der Waals surface area contributed by atoms with Crippen molar-refractivity contribution in [2.24, 2.45) is 4.99 Å². The van der Waals surface area contributed by atoms with Gasteiger partial charge in [-0.2, -0.15) is 0 Å². The zero-order valence-corrected chi connectivity index (χ0v) is 24.2. The average Bonchev–Trinajstić information content (AvgIpc) is 3.52. The first kappa shape index (κ1) is 27.2. The van der Waals surface area contributed by atoms with E-state index in [9.17, 15) is 5.11 Å². The van der Waals surface area contributed by atoms with E-state index in [2.05, 4.69) is 84.3 Å². The van der Waals surface area contributed by atoms with Crippen LogP contribution in [0.1, 0.15) is 33.4 Å². The van der Waals surface area contributed by atoms with E-state index in [-0.39, 0.29) is 17.9 Å². The standard InChI is InChI=1S/C30H37N5O3Si/c1-30(2,3)39(22-12-8-6-9-13-22,23-14-10-7-11-15-23)37-19-26-25(36)18-27(38-26)35-17-16-24-28(33-21-34(4)5)31-20-32-29(24)35/h6-17,20-21,25-27,36H,18-19H2,1-5H3/t25?,26-,27-/m1/s1. The maximum atomic E-state index is 11.1. The first-order chi connectivity index (χ1) is 18.7. The Kier molecular flexibility index (Phi) is 7.68. The summed E-state index contributed by atoms with van der Waals surface area (Å²) < 4.78 is 15.4. The van der Waals surface area contributed by atoms with E-state index in [1.54, 1.807) is 6.34 Å². The molecule has 3 atom stereocenters. The molecule has 0 amide bonds. The molecule has 3 heterocycles.